The normalized spacial score (nSPS) is 11.7. The third-order valence-corrected chi connectivity index (χ3v) is 3.74. The summed E-state index contributed by atoms with van der Waals surface area (Å²) in [5.74, 6) is 0.527. The monoisotopic (exact) mass is 336 g/mol. The van der Waals surface area contributed by atoms with Gasteiger partial charge in [-0.15, -0.1) is 0 Å². The molecule has 2 rings (SSSR count). The topological polar surface area (TPSA) is 65.0 Å². The molecule has 2 aromatic carbocycles. The molecule has 0 aromatic heterocycles. The molecule has 122 valence electrons. The standard InChI is InChI=1S/C17H17ClO5/c1-21-13-8-10(9-14(22-2)17(13)23-3)15(19)16(20)11-6-4-5-7-12(11)18/h4-9,16,20H,1-3H3/t16-/m1/s1. The lowest BCUT2D eigenvalue weighted by molar-refractivity contribution is 0.0747. The third-order valence-electron chi connectivity index (χ3n) is 3.40. The van der Waals surface area contributed by atoms with Crippen molar-refractivity contribution in [2.75, 3.05) is 21.3 Å². The van der Waals surface area contributed by atoms with Crippen LogP contribution in [0.2, 0.25) is 5.02 Å². The summed E-state index contributed by atoms with van der Waals surface area (Å²) >= 11 is 6.03. The van der Waals surface area contributed by atoms with Crippen LogP contribution in [-0.4, -0.2) is 32.2 Å². The number of hydrogen-bond donors (Lipinski definition) is 1. The van der Waals surface area contributed by atoms with Gasteiger partial charge in [-0.1, -0.05) is 29.8 Å². The summed E-state index contributed by atoms with van der Waals surface area (Å²) < 4.78 is 15.6. The number of benzene rings is 2. The predicted molar refractivity (Wildman–Crippen MR) is 86.8 cm³/mol. The van der Waals surface area contributed by atoms with Crippen LogP contribution in [0, 0.1) is 0 Å². The molecule has 0 aliphatic rings. The highest BCUT2D eigenvalue weighted by Gasteiger charge is 2.24. The molecule has 0 radical (unpaired) electrons. The van der Waals surface area contributed by atoms with E-state index in [1.54, 1.807) is 24.3 Å². The molecule has 6 heteroatoms. The minimum absolute atomic E-state index is 0.229. The number of aliphatic hydroxyl groups excluding tert-OH is 1. The average Bonchev–Trinajstić information content (AvgIpc) is 2.59. The molecular weight excluding hydrogens is 320 g/mol. The Morgan fingerprint density at radius 3 is 2.09 bits per heavy atom. The van der Waals surface area contributed by atoms with Crippen molar-refractivity contribution < 1.29 is 24.1 Å². The van der Waals surface area contributed by atoms with E-state index in [2.05, 4.69) is 0 Å². The molecule has 0 aliphatic heterocycles. The second-order valence-corrected chi connectivity index (χ2v) is 5.11. The van der Waals surface area contributed by atoms with E-state index in [1.165, 1.54) is 33.5 Å². The third kappa shape index (κ3) is 3.41. The highest BCUT2D eigenvalue weighted by molar-refractivity contribution is 6.31. The molecule has 1 atom stereocenters. The lowest BCUT2D eigenvalue weighted by Gasteiger charge is -2.16. The molecule has 0 heterocycles. The van der Waals surface area contributed by atoms with Crippen molar-refractivity contribution in [2.24, 2.45) is 0 Å². The average molecular weight is 337 g/mol. The van der Waals surface area contributed by atoms with E-state index in [4.69, 9.17) is 25.8 Å². The van der Waals surface area contributed by atoms with Gasteiger partial charge in [0, 0.05) is 16.1 Å². The van der Waals surface area contributed by atoms with Crippen molar-refractivity contribution in [1.82, 2.24) is 0 Å². The molecule has 0 fully saturated rings. The van der Waals surface area contributed by atoms with Gasteiger partial charge in [0.2, 0.25) is 5.75 Å². The second kappa shape index (κ2) is 7.35. The van der Waals surface area contributed by atoms with Crippen LogP contribution in [-0.2, 0) is 0 Å². The van der Waals surface area contributed by atoms with Gasteiger partial charge in [0.25, 0.3) is 0 Å². The number of halogens is 1. The van der Waals surface area contributed by atoms with E-state index >= 15 is 0 Å². The van der Waals surface area contributed by atoms with Gasteiger partial charge in [0.05, 0.1) is 21.3 Å². The van der Waals surface area contributed by atoms with Crippen LogP contribution in [0.15, 0.2) is 36.4 Å². The summed E-state index contributed by atoms with van der Waals surface area (Å²) in [5.41, 5.74) is 0.569. The summed E-state index contributed by atoms with van der Waals surface area (Å²) in [7, 11) is 4.38. The van der Waals surface area contributed by atoms with Gasteiger partial charge in [-0.2, -0.15) is 0 Å². The molecule has 5 nitrogen and oxygen atoms in total. The lowest BCUT2D eigenvalue weighted by atomic mass is 9.99. The molecule has 0 amide bonds. The Hall–Kier alpha value is -2.24. The summed E-state index contributed by atoms with van der Waals surface area (Å²) in [6, 6.07) is 9.62. The van der Waals surface area contributed by atoms with Gasteiger partial charge >= 0.3 is 0 Å². The quantitative estimate of drug-likeness (QED) is 0.820. The molecular formula is C17H17ClO5. The first-order valence-corrected chi connectivity index (χ1v) is 7.18. The summed E-state index contributed by atoms with van der Waals surface area (Å²) in [5, 5.41) is 10.7. The molecule has 0 spiro atoms. The van der Waals surface area contributed by atoms with Crippen LogP contribution < -0.4 is 14.2 Å². The Morgan fingerprint density at radius 2 is 1.61 bits per heavy atom. The number of Topliss-reactive ketones (excluding diaryl/α,β-unsaturated/α-hetero) is 1. The Bertz CT molecular complexity index is 689. The highest BCUT2D eigenvalue weighted by atomic mass is 35.5. The van der Waals surface area contributed by atoms with Gasteiger partial charge in [-0.3, -0.25) is 4.79 Å². The minimum Gasteiger partial charge on any atom is -0.493 e. The fourth-order valence-electron chi connectivity index (χ4n) is 2.22. The van der Waals surface area contributed by atoms with Gasteiger partial charge in [0.1, 0.15) is 6.10 Å². The van der Waals surface area contributed by atoms with E-state index in [0.29, 0.717) is 27.8 Å². The maximum absolute atomic E-state index is 12.6. The SMILES string of the molecule is COc1cc(C(=O)[C@H](O)c2ccccc2Cl)cc(OC)c1OC. The van der Waals surface area contributed by atoms with Crippen LogP contribution >= 0.6 is 11.6 Å². The number of aliphatic hydroxyl groups is 1. The van der Waals surface area contributed by atoms with Crippen LogP contribution in [0.5, 0.6) is 17.2 Å². The zero-order valence-electron chi connectivity index (χ0n) is 13.0. The van der Waals surface area contributed by atoms with Crippen molar-refractivity contribution in [1.29, 1.82) is 0 Å². The zero-order valence-corrected chi connectivity index (χ0v) is 13.8. The van der Waals surface area contributed by atoms with Crippen molar-refractivity contribution in [3.63, 3.8) is 0 Å². The van der Waals surface area contributed by atoms with E-state index < -0.39 is 11.9 Å². The number of ether oxygens (including phenoxy) is 3. The number of hydrogen-bond acceptors (Lipinski definition) is 5. The molecule has 0 saturated carbocycles. The number of rotatable bonds is 6. The van der Waals surface area contributed by atoms with Gasteiger partial charge in [-0.25, -0.2) is 0 Å². The second-order valence-electron chi connectivity index (χ2n) is 4.70. The number of carbonyl (C=O) groups is 1. The minimum atomic E-state index is -1.38. The molecule has 1 N–H and O–H groups in total. The van der Waals surface area contributed by atoms with Crippen molar-refractivity contribution in [3.05, 3.63) is 52.5 Å². The van der Waals surface area contributed by atoms with Gasteiger partial charge in [0.15, 0.2) is 17.3 Å². The molecule has 23 heavy (non-hydrogen) atoms. The molecule has 0 bridgehead atoms. The molecule has 0 saturated heterocycles. The summed E-state index contributed by atoms with van der Waals surface area (Å²) in [6.45, 7) is 0. The summed E-state index contributed by atoms with van der Waals surface area (Å²) in [6.07, 6.45) is -1.38. The molecule has 0 unspecified atom stereocenters. The van der Waals surface area contributed by atoms with E-state index in [1.807, 2.05) is 0 Å². The highest BCUT2D eigenvalue weighted by Crippen LogP contribution is 2.39. The number of carbonyl (C=O) groups excluding carboxylic acids is 1. The number of ketones is 1. The largest absolute Gasteiger partial charge is 0.493 e. The van der Waals surface area contributed by atoms with Crippen LogP contribution in [0.3, 0.4) is 0 Å². The first kappa shape index (κ1) is 17.1. The maximum Gasteiger partial charge on any atom is 0.203 e. The first-order chi connectivity index (χ1) is 11.0. The Morgan fingerprint density at radius 1 is 1.04 bits per heavy atom. The maximum atomic E-state index is 12.6. The predicted octanol–water partition coefficient (Wildman–Crippen LogP) is 3.28. The molecule has 2 aromatic rings. The van der Waals surface area contributed by atoms with Crippen LogP contribution in [0.4, 0.5) is 0 Å². The Kier molecular flexibility index (Phi) is 5.47. The first-order valence-electron chi connectivity index (χ1n) is 6.80. The summed E-state index contributed by atoms with van der Waals surface area (Å²) in [4.78, 5) is 12.6. The lowest BCUT2D eigenvalue weighted by Crippen LogP contribution is -2.13. The van der Waals surface area contributed by atoms with E-state index in [9.17, 15) is 9.90 Å². The Balaban J connectivity index is 2.45. The fraction of sp³-hybridized carbons (Fsp3) is 0.235. The van der Waals surface area contributed by atoms with Gasteiger partial charge < -0.3 is 19.3 Å². The Labute approximate surface area is 139 Å². The molecule has 0 aliphatic carbocycles. The zero-order chi connectivity index (χ0) is 17.0. The fourth-order valence-corrected chi connectivity index (χ4v) is 2.46. The van der Waals surface area contributed by atoms with Crippen LogP contribution in [0.1, 0.15) is 22.0 Å². The van der Waals surface area contributed by atoms with E-state index in [0.717, 1.165) is 0 Å². The van der Waals surface area contributed by atoms with Crippen molar-refractivity contribution in [2.45, 2.75) is 6.10 Å². The van der Waals surface area contributed by atoms with Gasteiger partial charge in [-0.05, 0) is 18.2 Å². The van der Waals surface area contributed by atoms with E-state index in [-0.39, 0.29) is 5.56 Å². The smallest absolute Gasteiger partial charge is 0.203 e. The van der Waals surface area contributed by atoms with Crippen molar-refractivity contribution in [3.8, 4) is 17.2 Å². The number of methoxy groups -OCH3 is 3. The van der Waals surface area contributed by atoms with Crippen molar-refractivity contribution >= 4 is 17.4 Å². The van der Waals surface area contributed by atoms with Crippen LogP contribution in [0.25, 0.3) is 0 Å².